The first-order valence-corrected chi connectivity index (χ1v) is 13.9. The first kappa shape index (κ1) is 28.8. The molecule has 2 aromatic heterocycles. The minimum Gasteiger partial charge on any atom is -0.351 e. The summed E-state index contributed by atoms with van der Waals surface area (Å²) in [5.41, 5.74) is 7.79. The van der Waals surface area contributed by atoms with Gasteiger partial charge in [-0.05, 0) is 68.0 Å². The molecule has 8 nitrogen and oxygen atoms in total. The van der Waals surface area contributed by atoms with Crippen molar-refractivity contribution in [3.8, 4) is 22.5 Å². The Morgan fingerprint density at radius 1 is 1.17 bits per heavy atom. The Hall–Kier alpha value is -3.70. The average Bonchev–Trinajstić information content (AvgIpc) is 3.30. The summed E-state index contributed by atoms with van der Waals surface area (Å²) in [7, 11) is 1.66. The molecular weight excluding hydrogens is 555 g/mol. The second-order valence-electron chi connectivity index (χ2n) is 10.4. The van der Waals surface area contributed by atoms with Gasteiger partial charge in [0.25, 0.3) is 0 Å². The molecule has 41 heavy (non-hydrogen) atoms. The van der Waals surface area contributed by atoms with Gasteiger partial charge in [-0.2, -0.15) is 18.3 Å². The first-order chi connectivity index (χ1) is 19.4. The van der Waals surface area contributed by atoms with Gasteiger partial charge in [-0.25, -0.2) is 9.97 Å². The number of hydrogen-bond acceptors (Lipinski definition) is 6. The lowest BCUT2D eigenvalue weighted by Gasteiger charge is -2.26. The van der Waals surface area contributed by atoms with E-state index in [1.165, 1.54) is 17.7 Å². The van der Waals surface area contributed by atoms with Gasteiger partial charge < -0.3 is 16.4 Å². The molecule has 4 aromatic rings. The van der Waals surface area contributed by atoms with Gasteiger partial charge in [0.05, 0.1) is 33.2 Å². The van der Waals surface area contributed by atoms with Crippen molar-refractivity contribution >= 4 is 40.0 Å². The Morgan fingerprint density at radius 2 is 1.90 bits per heavy atom. The number of carbonyl (C=O) groups excluding carboxylic acids is 1. The van der Waals surface area contributed by atoms with Crippen LogP contribution in [-0.2, 0) is 24.4 Å². The highest BCUT2D eigenvalue weighted by atomic mass is 35.5. The predicted octanol–water partition coefficient (Wildman–Crippen LogP) is 6.57. The van der Waals surface area contributed by atoms with E-state index in [9.17, 15) is 18.0 Å². The van der Waals surface area contributed by atoms with Crippen molar-refractivity contribution < 1.29 is 18.0 Å². The van der Waals surface area contributed by atoms with Crippen LogP contribution in [0.25, 0.3) is 33.4 Å². The molecule has 1 aliphatic carbocycles. The number of amides is 1. The minimum absolute atomic E-state index is 0.0278. The molecule has 1 aliphatic rings. The zero-order chi connectivity index (χ0) is 29.5. The van der Waals surface area contributed by atoms with Crippen LogP contribution in [-0.4, -0.2) is 37.7 Å². The molecular formula is C29H31ClF3N7O. The van der Waals surface area contributed by atoms with Crippen molar-refractivity contribution in [2.45, 2.75) is 64.2 Å². The number of carbonyl (C=O) groups is 1. The lowest BCUT2D eigenvalue weighted by Crippen LogP contribution is -2.33. The Kier molecular flexibility index (Phi) is 7.93. The number of rotatable bonds is 6. The second kappa shape index (κ2) is 11.3. The van der Waals surface area contributed by atoms with Crippen LogP contribution in [0, 0.1) is 0 Å². The summed E-state index contributed by atoms with van der Waals surface area (Å²) >= 11 is 6.03. The molecule has 1 fully saturated rings. The number of halogens is 4. The molecule has 0 spiro atoms. The van der Waals surface area contributed by atoms with Gasteiger partial charge in [-0.15, -0.1) is 0 Å². The van der Waals surface area contributed by atoms with Crippen LogP contribution in [0.2, 0.25) is 5.02 Å². The predicted molar refractivity (Wildman–Crippen MR) is 155 cm³/mol. The van der Waals surface area contributed by atoms with Gasteiger partial charge in [-0.3, -0.25) is 9.48 Å². The van der Waals surface area contributed by atoms with E-state index >= 15 is 0 Å². The number of anilines is 2. The van der Waals surface area contributed by atoms with E-state index in [-0.39, 0.29) is 29.0 Å². The van der Waals surface area contributed by atoms with Crippen LogP contribution < -0.4 is 16.4 Å². The SMILES string of the molecule is CCc1cc(-c2cc(-c3c(NC(C)=O)ccc(Cl)c3C(F)(F)F)nn2C)cc2cnc(NC3CCC(N)CC3)nc12. The van der Waals surface area contributed by atoms with Crippen molar-refractivity contribution in [1.29, 1.82) is 0 Å². The first-order valence-electron chi connectivity index (χ1n) is 13.5. The van der Waals surface area contributed by atoms with Crippen LogP contribution in [0.1, 0.15) is 50.7 Å². The molecule has 0 atom stereocenters. The largest absolute Gasteiger partial charge is 0.418 e. The summed E-state index contributed by atoms with van der Waals surface area (Å²) in [6, 6.07) is 8.42. The fraction of sp³-hybridized carbons (Fsp3) is 0.379. The van der Waals surface area contributed by atoms with E-state index in [1.807, 2.05) is 19.1 Å². The van der Waals surface area contributed by atoms with E-state index in [2.05, 4.69) is 20.7 Å². The van der Waals surface area contributed by atoms with Gasteiger partial charge in [0.2, 0.25) is 11.9 Å². The summed E-state index contributed by atoms with van der Waals surface area (Å²) in [5.74, 6) is 0.0512. The molecule has 4 N–H and O–H groups in total. The van der Waals surface area contributed by atoms with E-state index in [1.54, 1.807) is 19.3 Å². The molecule has 0 aliphatic heterocycles. The average molecular weight is 586 g/mol. The molecule has 5 rings (SSSR count). The van der Waals surface area contributed by atoms with E-state index in [0.717, 1.165) is 53.8 Å². The van der Waals surface area contributed by atoms with Crippen molar-refractivity contribution in [2.24, 2.45) is 12.8 Å². The molecule has 1 saturated carbocycles. The molecule has 0 radical (unpaired) electrons. The second-order valence-corrected chi connectivity index (χ2v) is 10.8. The minimum atomic E-state index is -4.77. The molecule has 2 heterocycles. The number of nitrogens with one attached hydrogen (secondary N) is 2. The maximum atomic E-state index is 14.2. The van der Waals surface area contributed by atoms with Crippen molar-refractivity contribution in [3.05, 3.63) is 52.7 Å². The Balaban J connectivity index is 1.56. The van der Waals surface area contributed by atoms with Crippen LogP contribution in [0.5, 0.6) is 0 Å². The quantitative estimate of drug-likeness (QED) is 0.236. The maximum absolute atomic E-state index is 14.2. The van der Waals surface area contributed by atoms with Crippen LogP contribution >= 0.6 is 11.6 Å². The van der Waals surface area contributed by atoms with Crippen LogP contribution in [0.15, 0.2) is 36.5 Å². The third kappa shape index (κ3) is 6.01. The Morgan fingerprint density at radius 3 is 2.56 bits per heavy atom. The van der Waals surface area contributed by atoms with Gasteiger partial charge in [-0.1, -0.05) is 18.5 Å². The lowest BCUT2D eigenvalue weighted by molar-refractivity contribution is -0.137. The van der Waals surface area contributed by atoms with Crippen LogP contribution in [0.3, 0.4) is 0 Å². The van der Waals surface area contributed by atoms with E-state index < -0.39 is 22.7 Å². The van der Waals surface area contributed by atoms with E-state index in [4.69, 9.17) is 22.3 Å². The number of alkyl halides is 3. The highest BCUT2D eigenvalue weighted by Crippen LogP contribution is 2.45. The molecule has 0 bridgehead atoms. The fourth-order valence-corrected chi connectivity index (χ4v) is 5.69. The number of aryl methyl sites for hydroxylation is 2. The lowest BCUT2D eigenvalue weighted by atomic mass is 9.92. The monoisotopic (exact) mass is 585 g/mol. The summed E-state index contributed by atoms with van der Waals surface area (Å²) in [6.45, 7) is 3.25. The van der Waals surface area contributed by atoms with Crippen molar-refractivity contribution in [3.63, 3.8) is 0 Å². The summed E-state index contributed by atoms with van der Waals surface area (Å²) in [4.78, 5) is 21.1. The number of nitrogens with two attached hydrogens (primary N) is 1. The molecule has 216 valence electrons. The normalized spacial score (nSPS) is 17.6. The maximum Gasteiger partial charge on any atom is 0.418 e. The summed E-state index contributed by atoms with van der Waals surface area (Å²) < 4.78 is 44.0. The number of benzene rings is 2. The zero-order valence-electron chi connectivity index (χ0n) is 22.9. The number of nitrogens with zero attached hydrogens (tertiary/aromatic N) is 4. The number of hydrogen-bond donors (Lipinski definition) is 3. The third-order valence-corrected chi connectivity index (χ3v) is 7.74. The molecule has 0 unspecified atom stereocenters. The molecule has 12 heteroatoms. The number of aromatic nitrogens is 4. The Bertz CT molecular complexity index is 1610. The van der Waals surface area contributed by atoms with Gasteiger partial charge in [0, 0.05) is 48.8 Å². The summed E-state index contributed by atoms with van der Waals surface area (Å²) in [6.07, 6.45) is 1.54. The van der Waals surface area contributed by atoms with Gasteiger partial charge in [0.15, 0.2) is 0 Å². The standard InChI is InChI=1S/C29H31ClF3N7O/c1-4-16-11-17(12-18-14-35-28(38-27(16)18)37-20-7-5-19(34)6-8-20)24-13-23(39-40(24)3)25-22(36-15(2)41)10-9-21(30)26(25)29(31,32)33/h9-14,19-20H,4-8,34H2,1-3H3,(H,36,41)(H,35,37,38). The van der Waals surface area contributed by atoms with Gasteiger partial charge in [0.1, 0.15) is 0 Å². The van der Waals surface area contributed by atoms with E-state index in [0.29, 0.717) is 18.1 Å². The fourth-order valence-electron chi connectivity index (χ4n) is 5.43. The highest BCUT2D eigenvalue weighted by molar-refractivity contribution is 6.32. The molecule has 0 saturated heterocycles. The summed E-state index contributed by atoms with van der Waals surface area (Å²) in [5, 5.41) is 10.7. The molecule has 1 amide bonds. The van der Waals surface area contributed by atoms with Crippen LogP contribution in [0.4, 0.5) is 24.8 Å². The highest BCUT2D eigenvalue weighted by Gasteiger charge is 2.38. The van der Waals surface area contributed by atoms with Gasteiger partial charge >= 0.3 is 6.18 Å². The topological polar surface area (TPSA) is 111 Å². The molecule has 2 aromatic carbocycles. The zero-order valence-corrected chi connectivity index (χ0v) is 23.7. The Labute approximate surface area is 240 Å². The smallest absolute Gasteiger partial charge is 0.351 e. The third-order valence-electron chi connectivity index (χ3n) is 7.43. The van der Waals surface area contributed by atoms with Crippen molar-refractivity contribution in [2.75, 3.05) is 10.6 Å². The van der Waals surface area contributed by atoms with Crippen molar-refractivity contribution in [1.82, 2.24) is 19.7 Å². The number of fused-ring (bicyclic) bond motifs is 1.